The van der Waals surface area contributed by atoms with Crippen LogP contribution in [0.2, 0.25) is 0 Å². The van der Waals surface area contributed by atoms with E-state index in [1.165, 1.54) is 0 Å². The minimum absolute atomic E-state index is 0. The van der Waals surface area contributed by atoms with Gasteiger partial charge in [0.2, 0.25) is 0 Å². The van der Waals surface area contributed by atoms with Gasteiger partial charge in [-0.1, -0.05) is 6.42 Å². The van der Waals surface area contributed by atoms with Crippen molar-refractivity contribution < 1.29 is 21.9 Å². The molecule has 2 aliphatic carbocycles. The molecule has 0 spiro atoms. The minimum Gasteiger partial charge on any atom is -0.300 e. The molecule has 0 heterocycles. The zero-order chi connectivity index (χ0) is 8.65. The fraction of sp³-hybridized carbons (Fsp3) is 0.182. The Morgan fingerprint density at radius 3 is 2.38 bits per heavy atom. The van der Waals surface area contributed by atoms with Crippen LogP contribution in [-0.4, -0.2) is 6.29 Å². The summed E-state index contributed by atoms with van der Waals surface area (Å²) in [6, 6.07) is 0. The largest absolute Gasteiger partial charge is 2.00 e. The van der Waals surface area contributed by atoms with E-state index in [1.54, 1.807) is 12.2 Å². The van der Waals surface area contributed by atoms with Crippen LogP contribution in [-0.2, 0) is 21.9 Å². The van der Waals surface area contributed by atoms with Crippen molar-refractivity contribution in [2.75, 3.05) is 0 Å². The van der Waals surface area contributed by atoms with E-state index in [9.17, 15) is 4.79 Å². The molecule has 0 atom stereocenters. The molecule has 1 nitrogen and oxygen atoms in total. The van der Waals surface area contributed by atoms with E-state index in [-0.39, 0.29) is 17.1 Å². The molecule has 2 heteroatoms. The molecule has 2 aliphatic rings. The molecule has 0 unspecified atom stereocenters. The summed E-state index contributed by atoms with van der Waals surface area (Å²) in [5.74, 6) is 0. The number of aldehydes is 1. The molecule has 0 amide bonds. The smallest absolute Gasteiger partial charge is 0.300 e. The van der Waals surface area contributed by atoms with Gasteiger partial charge in [0, 0.05) is 0 Å². The second-order valence-corrected chi connectivity index (χ2v) is 2.41. The van der Waals surface area contributed by atoms with Gasteiger partial charge in [0.1, 0.15) is 6.29 Å². The van der Waals surface area contributed by atoms with Crippen molar-refractivity contribution in [3.8, 4) is 0 Å². The van der Waals surface area contributed by atoms with Gasteiger partial charge < -0.3 is 4.79 Å². The van der Waals surface area contributed by atoms with Gasteiger partial charge in [0.15, 0.2) is 0 Å². The van der Waals surface area contributed by atoms with E-state index >= 15 is 0 Å². The van der Waals surface area contributed by atoms with Crippen LogP contribution in [0.5, 0.6) is 0 Å². The third kappa shape index (κ3) is 5.40. The Bertz CT molecular complexity index is 249. The number of carbonyl (C=O) groups excluding carboxylic acids is 1. The summed E-state index contributed by atoms with van der Waals surface area (Å²) in [5.41, 5.74) is 0.819. The molecule has 2 rings (SSSR count). The van der Waals surface area contributed by atoms with Crippen LogP contribution in [0.4, 0.5) is 0 Å². The van der Waals surface area contributed by atoms with Gasteiger partial charge in [0.25, 0.3) is 0 Å². The van der Waals surface area contributed by atoms with Crippen molar-refractivity contribution in [2.24, 2.45) is 0 Å². The number of hydrogen-bond acceptors (Lipinski definition) is 1. The summed E-state index contributed by atoms with van der Waals surface area (Å²) in [6.45, 7) is 0. The topological polar surface area (TPSA) is 17.1 Å². The van der Waals surface area contributed by atoms with Gasteiger partial charge in [-0.2, -0.15) is 6.08 Å². The first kappa shape index (κ1) is 12.1. The Hall–Kier alpha value is -0.851. The third-order valence-corrected chi connectivity index (χ3v) is 1.46. The molecule has 0 saturated carbocycles. The fourth-order valence-electron chi connectivity index (χ4n) is 0.823. The molecule has 0 N–H and O–H groups in total. The standard InChI is InChI=1S/C6H5O.C5H5.Fe/c7-5-6-3-1-2-4-6;1-2-4-5-3-1;/h1,3,5H,4H2;1-3H,4H2;/q2*-1;+2. The Morgan fingerprint density at radius 2 is 2.15 bits per heavy atom. The van der Waals surface area contributed by atoms with Gasteiger partial charge in [0.05, 0.1) is 0 Å². The molecule has 0 aromatic carbocycles. The summed E-state index contributed by atoms with van der Waals surface area (Å²) < 4.78 is 0. The van der Waals surface area contributed by atoms with E-state index in [0.717, 1.165) is 18.3 Å². The van der Waals surface area contributed by atoms with Gasteiger partial charge >= 0.3 is 17.1 Å². The third-order valence-electron chi connectivity index (χ3n) is 1.46. The maximum absolute atomic E-state index is 9.88. The van der Waals surface area contributed by atoms with Crippen LogP contribution in [0, 0.1) is 12.2 Å². The van der Waals surface area contributed by atoms with Crippen LogP contribution in [0.3, 0.4) is 0 Å². The average molecular weight is 214 g/mol. The summed E-state index contributed by atoms with van der Waals surface area (Å²) in [7, 11) is 0. The van der Waals surface area contributed by atoms with Crippen molar-refractivity contribution in [3.05, 3.63) is 48.1 Å². The Balaban J connectivity index is 0.000000215. The molecule has 0 aliphatic heterocycles. The van der Waals surface area contributed by atoms with Gasteiger partial charge in [-0.15, -0.1) is 12.0 Å². The summed E-state index contributed by atoms with van der Waals surface area (Å²) in [6.07, 6.45) is 18.0. The predicted octanol–water partition coefficient (Wildman–Crippen LogP) is 2.18. The van der Waals surface area contributed by atoms with E-state index in [2.05, 4.69) is 18.2 Å². The molecular weight excluding hydrogens is 204 g/mol. The van der Waals surface area contributed by atoms with Crippen molar-refractivity contribution in [3.63, 3.8) is 0 Å². The predicted molar refractivity (Wildman–Crippen MR) is 48.1 cm³/mol. The van der Waals surface area contributed by atoms with Crippen molar-refractivity contribution in [1.82, 2.24) is 0 Å². The molecule has 0 fully saturated rings. The zero-order valence-corrected chi connectivity index (χ0v) is 8.24. The first-order valence-electron chi connectivity index (χ1n) is 3.86. The molecule has 13 heavy (non-hydrogen) atoms. The zero-order valence-electron chi connectivity index (χ0n) is 7.14. The van der Waals surface area contributed by atoms with Crippen LogP contribution < -0.4 is 0 Å². The Kier molecular flexibility index (Phi) is 7.27. The van der Waals surface area contributed by atoms with Crippen molar-refractivity contribution >= 4 is 6.29 Å². The molecule has 0 aromatic heterocycles. The number of carbonyl (C=O) groups is 1. The molecule has 0 saturated heterocycles. The number of hydrogen-bond donors (Lipinski definition) is 0. The summed E-state index contributed by atoms with van der Waals surface area (Å²) >= 11 is 0. The molecule has 0 bridgehead atoms. The van der Waals surface area contributed by atoms with Crippen LogP contribution in [0.25, 0.3) is 0 Å². The van der Waals surface area contributed by atoms with Gasteiger partial charge in [-0.3, -0.25) is 12.2 Å². The quantitative estimate of drug-likeness (QED) is 0.371. The monoisotopic (exact) mass is 214 g/mol. The molecular formula is C11H10FeO. The van der Waals surface area contributed by atoms with E-state index in [1.807, 2.05) is 12.2 Å². The average Bonchev–Trinajstić information content (AvgIpc) is 2.81. The SMILES string of the molecule is O=CC1=CC=[C-]C1.[C-]1=CC=CC1.[Fe+2]. The second kappa shape index (κ2) is 7.78. The Morgan fingerprint density at radius 1 is 1.31 bits per heavy atom. The molecule has 0 aromatic rings. The Labute approximate surface area is 89.4 Å². The van der Waals surface area contributed by atoms with Crippen molar-refractivity contribution in [1.29, 1.82) is 0 Å². The fourth-order valence-corrected chi connectivity index (χ4v) is 0.823. The first-order chi connectivity index (χ1) is 5.93. The van der Waals surface area contributed by atoms with E-state index < -0.39 is 0 Å². The maximum Gasteiger partial charge on any atom is 2.00 e. The van der Waals surface area contributed by atoms with Gasteiger partial charge in [-0.05, 0) is 0 Å². The van der Waals surface area contributed by atoms with Crippen LogP contribution in [0.15, 0.2) is 36.0 Å². The van der Waals surface area contributed by atoms with Crippen LogP contribution in [0.1, 0.15) is 12.8 Å². The normalized spacial score (nSPS) is 15.8. The summed E-state index contributed by atoms with van der Waals surface area (Å²) in [5, 5.41) is 0. The van der Waals surface area contributed by atoms with E-state index in [4.69, 9.17) is 0 Å². The number of allylic oxidation sites excluding steroid dienone is 8. The minimum atomic E-state index is 0. The van der Waals surface area contributed by atoms with Crippen LogP contribution >= 0.6 is 0 Å². The summed E-state index contributed by atoms with van der Waals surface area (Å²) in [4.78, 5) is 9.88. The number of rotatable bonds is 1. The van der Waals surface area contributed by atoms with Gasteiger partial charge in [-0.25, -0.2) is 24.3 Å². The maximum atomic E-state index is 9.88. The molecule has 0 radical (unpaired) electrons. The molecule has 68 valence electrons. The second-order valence-electron chi connectivity index (χ2n) is 2.41. The van der Waals surface area contributed by atoms with Crippen molar-refractivity contribution in [2.45, 2.75) is 12.8 Å². The first-order valence-corrected chi connectivity index (χ1v) is 3.86. The van der Waals surface area contributed by atoms with E-state index in [0.29, 0.717) is 6.42 Å².